The third kappa shape index (κ3) is 3.30. The summed E-state index contributed by atoms with van der Waals surface area (Å²) in [6.45, 7) is 7.27. The molecule has 2 atom stereocenters. The van der Waals surface area contributed by atoms with E-state index in [4.69, 9.17) is 5.73 Å². The highest BCUT2D eigenvalue weighted by Crippen LogP contribution is 2.25. The first-order valence-electron chi connectivity index (χ1n) is 7.45. The van der Waals surface area contributed by atoms with Crippen LogP contribution in [0.1, 0.15) is 33.1 Å². The molecule has 1 saturated heterocycles. The lowest BCUT2D eigenvalue weighted by Crippen LogP contribution is -2.45. The number of nitrogens with one attached hydrogen (secondary N) is 2. The number of H-pyrrole nitrogens is 1. The third-order valence-electron chi connectivity index (χ3n) is 4.05. The molecular weight excluding hydrogens is 254 g/mol. The van der Waals surface area contributed by atoms with Gasteiger partial charge in [-0.3, -0.25) is 4.79 Å². The van der Waals surface area contributed by atoms with Gasteiger partial charge >= 0.3 is 0 Å². The van der Waals surface area contributed by atoms with E-state index in [1.807, 2.05) is 0 Å². The lowest BCUT2D eigenvalue weighted by atomic mass is 9.91. The molecule has 0 radical (unpaired) electrons. The van der Waals surface area contributed by atoms with Gasteiger partial charge in [0.1, 0.15) is 5.69 Å². The van der Waals surface area contributed by atoms with Gasteiger partial charge in [0.25, 0.3) is 5.56 Å². The summed E-state index contributed by atoms with van der Waals surface area (Å²) in [6, 6.07) is 0.473. The molecule has 1 fully saturated rings. The molecule has 6 heteroatoms. The van der Waals surface area contributed by atoms with Gasteiger partial charge in [0.05, 0.1) is 6.33 Å². The molecule has 0 amide bonds. The molecule has 2 rings (SSSR count). The van der Waals surface area contributed by atoms with Crippen LogP contribution in [0.5, 0.6) is 0 Å². The fraction of sp³-hybridized carbons (Fsp3) is 0.714. The van der Waals surface area contributed by atoms with Crippen molar-refractivity contribution in [1.29, 1.82) is 0 Å². The summed E-state index contributed by atoms with van der Waals surface area (Å²) in [5.74, 6) is 1.19. The van der Waals surface area contributed by atoms with Crippen LogP contribution >= 0.6 is 0 Å². The molecule has 112 valence electrons. The number of nitrogens with zero attached hydrogens (tertiary/aromatic N) is 2. The topological polar surface area (TPSA) is 87.0 Å². The fourth-order valence-corrected chi connectivity index (χ4v) is 2.80. The Bertz CT molecular complexity index is 487. The molecule has 0 aromatic carbocycles. The number of nitrogens with two attached hydrogens (primary N) is 1. The first kappa shape index (κ1) is 14.8. The van der Waals surface area contributed by atoms with Gasteiger partial charge in [0.2, 0.25) is 0 Å². The number of nitrogen functional groups attached to an aromatic ring is 1. The molecule has 0 bridgehead atoms. The molecule has 1 aliphatic heterocycles. The van der Waals surface area contributed by atoms with Crippen LogP contribution in [-0.4, -0.2) is 35.6 Å². The van der Waals surface area contributed by atoms with Crippen molar-refractivity contribution in [3.8, 4) is 0 Å². The van der Waals surface area contributed by atoms with E-state index >= 15 is 0 Å². The molecule has 1 aliphatic rings. The van der Waals surface area contributed by atoms with Gasteiger partial charge in [-0.05, 0) is 38.6 Å². The third-order valence-corrected chi connectivity index (χ3v) is 4.05. The fourth-order valence-electron chi connectivity index (χ4n) is 2.80. The Balaban J connectivity index is 2.06. The molecule has 0 aliphatic carbocycles. The molecule has 2 heterocycles. The second-order valence-corrected chi connectivity index (χ2v) is 5.56. The van der Waals surface area contributed by atoms with Crippen LogP contribution in [0.15, 0.2) is 11.1 Å². The highest BCUT2D eigenvalue weighted by atomic mass is 16.1. The largest absolute Gasteiger partial charge is 0.391 e. The summed E-state index contributed by atoms with van der Waals surface area (Å²) in [6.07, 6.45) is 4.88. The number of anilines is 2. The van der Waals surface area contributed by atoms with Gasteiger partial charge in [-0.25, -0.2) is 4.98 Å². The maximum atomic E-state index is 11.6. The quantitative estimate of drug-likeness (QED) is 0.747. The van der Waals surface area contributed by atoms with Crippen molar-refractivity contribution in [2.75, 3.05) is 30.3 Å². The summed E-state index contributed by atoms with van der Waals surface area (Å²) >= 11 is 0. The van der Waals surface area contributed by atoms with Crippen molar-refractivity contribution in [3.05, 3.63) is 16.7 Å². The monoisotopic (exact) mass is 279 g/mol. The average molecular weight is 279 g/mol. The number of hydrogen-bond acceptors (Lipinski definition) is 5. The Morgan fingerprint density at radius 1 is 1.65 bits per heavy atom. The van der Waals surface area contributed by atoms with Crippen molar-refractivity contribution in [2.24, 2.45) is 5.92 Å². The van der Waals surface area contributed by atoms with Gasteiger partial charge in [0, 0.05) is 19.1 Å². The van der Waals surface area contributed by atoms with Gasteiger partial charge in [0.15, 0.2) is 5.82 Å². The van der Waals surface area contributed by atoms with Crippen LogP contribution < -0.4 is 21.5 Å². The summed E-state index contributed by atoms with van der Waals surface area (Å²) in [5.41, 5.74) is 5.82. The Hall–Kier alpha value is -1.56. The minimum atomic E-state index is -0.255. The summed E-state index contributed by atoms with van der Waals surface area (Å²) in [5, 5.41) is 3.55. The number of piperidine rings is 1. The summed E-state index contributed by atoms with van der Waals surface area (Å²) < 4.78 is 0. The van der Waals surface area contributed by atoms with Gasteiger partial charge in [-0.1, -0.05) is 6.92 Å². The number of rotatable bonds is 5. The van der Waals surface area contributed by atoms with Crippen LogP contribution in [-0.2, 0) is 0 Å². The first-order chi connectivity index (χ1) is 9.63. The van der Waals surface area contributed by atoms with Crippen molar-refractivity contribution in [3.63, 3.8) is 0 Å². The molecule has 0 spiro atoms. The Kier molecular flexibility index (Phi) is 5.00. The Labute approximate surface area is 119 Å². The maximum absolute atomic E-state index is 11.6. The van der Waals surface area contributed by atoms with Gasteiger partial charge in [-0.2, -0.15) is 0 Å². The van der Waals surface area contributed by atoms with Crippen LogP contribution in [0.4, 0.5) is 11.5 Å². The normalized spacial score (nSPS) is 20.9. The number of aromatic amines is 1. The van der Waals surface area contributed by atoms with Crippen molar-refractivity contribution in [1.82, 2.24) is 15.3 Å². The predicted octanol–water partition coefficient (Wildman–Crippen LogP) is 0.957. The highest BCUT2D eigenvalue weighted by Gasteiger charge is 2.26. The minimum Gasteiger partial charge on any atom is -0.391 e. The Morgan fingerprint density at radius 3 is 3.20 bits per heavy atom. The van der Waals surface area contributed by atoms with E-state index in [-0.39, 0.29) is 11.2 Å². The molecule has 0 saturated carbocycles. The van der Waals surface area contributed by atoms with E-state index < -0.39 is 0 Å². The standard InChI is InChI=1S/C14H25N5O/c1-3-6-16-10(2)11-5-4-7-19(8-11)13-12(15)14(20)18-9-17-13/h9-11,16H,3-8,15H2,1-2H3,(H,17,18,20). The van der Waals surface area contributed by atoms with Crippen molar-refractivity contribution < 1.29 is 0 Å². The van der Waals surface area contributed by atoms with Crippen LogP contribution in [0.25, 0.3) is 0 Å². The van der Waals surface area contributed by atoms with Crippen LogP contribution in [0.3, 0.4) is 0 Å². The predicted molar refractivity (Wildman–Crippen MR) is 82.0 cm³/mol. The van der Waals surface area contributed by atoms with Crippen molar-refractivity contribution >= 4 is 11.5 Å². The van der Waals surface area contributed by atoms with E-state index in [1.54, 1.807) is 0 Å². The minimum absolute atomic E-state index is 0.224. The molecule has 4 N–H and O–H groups in total. The second kappa shape index (κ2) is 6.74. The van der Waals surface area contributed by atoms with E-state index in [0.717, 1.165) is 32.5 Å². The van der Waals surface area contributed by atoms with Gasteiger partial charge in [-0.15, -0.1) is 0 Å². The Morgan fingerprint density at radius 2 is 2.45 bits per heavy atom. The van der Waals surface area contributed by atoms with Gasteiger partial charge < -0.3 is 20.9 Å². The van der Waals surface area contributed by atoms with Crippen LogP contribution in [0.2, 0.25) is 0 Å². The molecule has 1 aromatic heterocycles. The van der Waals surface area contributed by atoms with E-state index in [1.165, 1.54) is 12.7 Å². The average Bonchev–Trinajstić information content (AvgIpc) is 2.47. The second-order valence-electron chi connectivity index (χ2n) is 5.56. The highest BCUT2D eigenvalue weighted by molar-refractivity contribution is 5.61. The summed E-state index contributed by atoms with van der Waals surface area (Å²) in [7, 11) is 0. The van der Waals surface area contributed by atoms with Crippen molar-refractivity contribution in [2.45, 2.75) is 39.2 Å². The molecular formula is C14H25N5O. The number of aromatic nitrogens is 2. The van der Waals surface area contributed by atoms with E-state index in [2.05, 4.69) is 34.0 Å². The first-order valence-corrected chi connectivity index (χ1v) is 7.45. The molecule has 20 heavy (non-hydrogen) atoms. The zero-order chi connectivity index (χ0) is 14.5. The molecule has 6 nitrogen and oxygen atoms in total. The van der Waals surface area contributed by atoms with E-state index in [9.17, 15) is 4.79 Å². The summed E-state index contributed by atoms with van der Waals surface area (Å²) in [4.78, 5) is 20.5. The SMILES string of the molecule is CCCNC(C)C1CCCN(c2nc[nH]c(=O)c2N)C1. The lowest BCUT2D eigenvalue weighted by Gasteiger charge is -2.37. The lowest BCUT2D eigenvalue weighted by molar-refractivity contribution is 0.320. The van der Waals surface area contributed by atoms with Crippen LogP contribution in [0, 0.1) is 5.92 Å². The zero-order valence-corrected chi connectivity index (χ0v) is 12.4. The zero-order valence-electron chi connectivity index (χ0n) is 12.4. The maximum Gasteiger partial charge on any atom is 0.276 e. The molecule has 2 unspecified atom stereocenters. The van der Waals surface area contributed by atoms with E-state index in [0.29, 0.717) is 17.8 Å². The smallest absolute Gasteiger partial charge is 0.276 e. The number of hydrogen-bond donors (Lipinski definition) is 3. The molecule has 1 aromatic rings.